The van der Waals surface area contributed by atoms with E-state index in [0.717, 1.165) is 0 Å². The van der Waals surface area contributed by atoms with Crippen molar-refractivity contribution < 1.29 is 0 Å². The largest absolute Gasteiger partial charge is 0.314 e. The van der Waals surface area contributed by atoms with Crippen molar-refractivity contribution in [3.63, 3.8) is 0 Å². The van der Waals surface area contributed by atoms with Crippen LogP contribution >= 0.6 is 0 Å². The number of likely N-dealkylation sites (N-methyl/N-ethyl adjacent to an activating group) is 1. The maximum Gasteiger partial charge on any atom is 0.0188 e. The van der Waals surface area contributed by atoms with Crippen LogP contribution in [0.3, 0.4) is 0 Å². The van der Waals surface area contributed by atoms with E-state index < -0.39 is 0 Å². The molecule has 1 rings (SSSR count). The van der Waals surface area contributed by atoms with Gasteiger partial charge in [0.1, 0.15) is 0 Å². The van der Waals surface area contributed by atoms with Crippen LogP contribution in [0.25, 0.3) is 0 Å². The second kappa shape index (κ2) is 4.36. The highest BCUT2D eigenvalue weighted by Crippen LogP contribution is 2.29. The Hall–Kier alpha value is -0.820. The Morgan fingerprint density at radius 3 is 2.27 bits per heavy atom. The first-order chi connectivity index (χ1) is 6.88. The summed E-state index contributed by atoms with van der Waals surface area (Å²) in [5.74, 6) is 0.517. The fourth-order valence-electron chi connectivity index (χ4n) is 1.92. The quantitative estimate of drug-likeness (QED) is 0.797. The van der Waals surface area contributed by atoms with Crippen molar-refractivity contribution in [2.45, 2.75) is 46.1 Å². The van der Waals surface area contributed by atoms with Gasteiger partial charge in [-0.1, -0.05) is 30.7 Å². The Morgan fingerprint density at radius 2 is 1.80 bits per heavy atom. The molecule has 1 aromatic carbocycles. The fourth-order valence-corrected chi connectivity index (χ4v) is 1.92. The lowest BCUT2D eigenvalue weighted by Gasteiger charge is -2.33. The number of nitrogens with one attached hydrogen (secondary N) is 1. The Balaban J connectivity index is 3.06. The van der Waals surface area contributed by atoms with Crippen LogP contribution in [0.5, 0.6) is 0 Å². The second-order valence-electron chi connectivity index (χ2n) is 5.05. The molecule has 0 amide bonds. The van der Waals surface area contributed by atoms with Crippen LogP contribution in [-0.2, 0) is 0 Å². The van der Waals surface area contributed by atoms with Gasteiger partial charge < -0.3 is 5.32 Å². The summed E-state index contributed by atoms with van der Waals surface area (Å²) in [6.07, 6.45) is 0. The molecule has 0 aliphatic carbocycles. The first kappa shape index (κ1) is 12.3. The first-order valence-electron chi connectivity index (χ1n) is 5.64. The summed E-state index contributed by atoms with van der Waals surface area (Å²) in [5, 5.41) is 3.38. The Kier molecular flexibility index (Phi) is 3.56. The van der Waals surface area contributed by atoms with Gasteiger partial charge >= 0.3 is 0 Å². The average molecular weight is 205 g/mol. The molecule has 15 heavy (non-hydrogen) atoms. The van der Waals surface area contributed by atoms with E-state index in [0.29, 0.717) is 5.92 Å². The lowest BCUT2D eigenvalue weighted by atomic mass is 9.81. The third-order valence-electron chi connectivity index (χ3n) is 3.62. The average Bonchev–Trinajstić information content (AvgIpc) is 2.17. The molecule has 0 aromatic heterocycles. The standard InChI is InChI=1S/C14H23N/c1-10-7-8-13(11(2)9-10)12(3)14(4,5)15-6/h7-9,12,15H,1-6H3. The van der Waals surface area contributed by atoms with E-state index >= 15 is 0 Å². The molecule has 0 aliphatic heterocycles. The van der Waals surface area contributed by atoms with Crippen molar-refractivity contribution in [1.29, 1.82) is 0 Å². The van der Waals surface area contributed by atoms with Gasteiger partial charge in [-0.2, -0.15) is 0 Å². The molecular formula is C14H23N. The van der Waals surface area contributed by atoms with Crippen LogP contribution in [0, 0.1) is 13.8 Å². The van der Waals surface area contributed by atoms with E-state index in [1.807, 2.05) is 7.05 Å². The first-order valence-corrected chi connectivity index (χ1v) is 5.64. The minimum atomic E-state index is 0.139. The monoisotopic (exact) mass is 205 g/mol. The molecule has 1 N–H and O–H groups in total. The van der Waals surface area contributed by atoms with Crippen molar-refractivity contribution in [3.8, 4) is 0 Å². The molecule has 0 saturated heterocycles. The van der Waals surface area contributed by atoms with Gasteiger partial charge in [0.2, 0.25) is 0 Å². The molecular weight excluding hydrogens is 182 g/mol. The van der Waals surface area contributed by atoms with Crippen LogP contribution in [-0.4, -0.2) is 12.6 Å². The van der Waals surface area contributed by atoms with Gasteiger partial charge in [-0.25, -0.2) is 0 Å². The van der Waals surface area contributed by atoms with E-state index in [4.69, 9.17) is 0 Å². The van der Waals surface area contributed by atoms with Gasteiger partial charge in [-0.3, -0.25) is 0 Å². The molecule has 1 heteroatoms. The van der Waals surface area contributed by atoms with Crippen LogP contribution < -0.4 is 5.32 Å². The van der Waals surface area contributed by atoms with Crippen molar-refractivity contribution >= 4 is 0 Å². The molecule has 0 saturated carbocycles. The van der Waals surface area contributed by atoms with E-state index in [9.17, 15) is 0 Å². The Labute approximate surface area is 93.9 Å². The van der Waals surface area contributed by atoms with E-state index in [2.05, 4.69) is 58.1 Å². The normalized spacial score (nSPS) is 14.0. The van der Waals surface area contributed by atoms with Gasteiger partial charge in [0, 0.05) is 5.54 Å². The van der Waals surface area contributed by atoms with Crippen molar-refractivity contribution in [3.05, 3.63) is 34.9 Å². The zero-order chi connectivity index (χ0) is 11.6. The molecule has 0 fully saturated rings. The summed E-state index contributed by atoms with van der Waals surface area (Å²) in [6.45, 7) is 11.1. The molecule has 0 spiro atoms. The summed E-state index contributed by atoms with van der Waals surface area (Å²) in [7, 11) is 2.03. The molecule has 0 radical (unpaired) electrons. The van der Waals surface area contributed by atoms with Crippen LogP contribution in [0.4, 0.5) is 0 Å². The number of hydrogen-bond donors (Lipinski definition) is 1. The molecule has 1 aromatic rings. The van der Waals surface area contributed by atoms with E-state index in [1.165, 1.54) is 16.7 Å². The number of aryl methyl sites for hydroxylation is 2. The fraction of sp³-hybridized carbons (Fsp3) is 0.571. The van der Waals surface area contributed by atoms with Crippen molar-refractivity contribution in [1.82, 2.24) is 5.32 Å². The van der Waals surface area contributed by atoms with Crippen molar-refractivity contribution in [2.24, 2.45) is 0 Å². The zero-order valence-electron chi connectivity index (χ0n) is 10.8. The number of hydrogen-bond acceptors (Lipinski definition) is 1. The minimum absolute atomic E-state index is 0.139. The highest BCUT2D eigenvalue weighted by atomic mass is 14.9. The third-order valence-corrected chi connectivity index (χ3v) is 3.62. The lowest BCUT2D eigenvalue weighted by molar-refractivity contribution is 0.359. The van der Waals surface area contributed by atoms with Gasteiger partial charge in [0.05, 0.1) is 0 Å². The maximum atomic E-state index is 3.38. The number of benzene rings is 1. The van der Waals surface area contributed by atoms with Crippen molar-refractivity contribution in [2.75, 3.05) is 7.05 Å². The predicted molar refractivity (Wildman–Crippen MR) is 67.5 cm³/mol. The minimum Gasteiger partial charge on any atom is -0.314 e. The summed E-state index contributed by atoms with van der Waals surface area (Å²) in [6, 6.07) is 6.72. The summed E-state index contributed by atoms with van der Waals surface area (Å²) >= 11 is 0. The summed E-state index contributed by atoms with van der Waals surface area (Å²) in [5.41, 5.74) is 4.32. The zero-order valence-corrected chi connectivity index (χ0v) is 10.8. The summed E-state index contributed by atoms with van der Waals surface area (Å²) in [4.78, 5) is 0. The van der Waals surface area contributed by atoms with Gasteiger partial charge in [0.15, 0.2) is 0 Å². The Bertz CT molecular complexity index is 339. The molecule has 1 nitrogen and oxygen atoms in total. The van der Waals surface area contributed by atoms with Gasteiger partial charge in [-0.15, -0.1) is 0 Å². The molecule has 0 heterocycles. The molecule has 1 unspecified atom stereocenters. The molecule has 0 aliphatic rings. The highest BCUT2D eigenvalue weighted by Gasteiger charge is 2.25. The second-order valence-corrected chi connectivity index (χ2v) is 5.05. The molecule has 84 valence electrons. The van der Waals surface area contributed by atoms with Gasteiger partial charge in [-0.05, 0) is 51.8 Å². The smallest absolute Gasteiger partial charge is 0.0188 e. The topological polar surface area (TPSA) is 12.0 Å². The summed E-state index contributed by atoms with van der Waals surface area (Å²) < 4.78 is 0. The van der Waals surface area contributed by atoms with Crippen LogP contribution in [0.15, 0.2) is 18.2 Å². The SMILES string of the molecule is CNC(C)(C)C(C)c1ccc(C)cc1C. The van der Waals surface area contributed by atoms with Crippen LogP contribution in [0.2, 0.25) is 0 Å². The number of rotatable bonds is 3. The molecule has 1 atom stereocenters. The maximum absolute atomic E-state index is 3.38. The molecule has 0 bridgehead atoms. The third kappa shape index (κ3) is 2.60. The highest BCUT2D eigenvalue weighted by molar-refractivity contribution is 5.34. The Morgan fingerprint density at radius 1 is 1.20 bits per heavy atom. The van der Waals surface area contributed by atoms with Gasteiger partial charge in [0.25, 0.3) is 0 Å². The predicted octanol–water partition coefficient (Wildman–Crippen LogP) is 3.40. The van der Waals surface area contributed by atoms with Crippen LogP contribution in [0.1, 0.15) is 43.4 Å². The van der Waals surface area contributed by atoms with E-state index in [1.54, 1.807) is 0 Å². The van der Waals surface area contributed by atoms with E-state index in [-0.39, 0.29) is 5.54 Å². The lowest BCUT2D eigenvalue weighted by Crippen LogP contribution is -2.41.